The van der Waals surface area contributed by atoms with Gasteiger partial charge in [0.15, 0.2) is 17.5 Å². The summed E-state index contributed by atoms with van der Waals surface area (Å²) in [7, 11) is 0. The van der Waals surface area contributed by atoms with E-state index in [0.29, 0.717) is 17.5 Å². The SMILES string of the molecule is c1ccc(-c2cc(-c3ccccc3)cc(-c3ccc4c(c3)oc3cccc(-c5nc(-c6cccc(-c7ccccc7)c6)nc(-c6ccc7oc8ccccc8c7c6)n5)c34)c2)cc1. The van der Waals surface area contributed by atoms with Gasteiger partial charge in [-0.15, -0.1) is 0 Å². The summed E-state index contributed by atoms with van der Waals surface area (Å²) in [5.41, 5.74) is 14.9. The summed E-state index contributed by atoms with van der Waals surface area (Å²) in [5.74, 6) is 1.72. The lowest BCUT2D eigenvalue weighted by atomic mass is 9.93. The molecule has 0 fully saturated rings. The molecule has 0 saturated heterocycles. The lowest BCUT2D eigenvalue weighted by molar-refractivity contribution is 0.668. The van der Waals surface area contributed by atoms with Crippen LogP contribution in [0.15, 0.2) is 221 Å². The lowest BCUT2D eigenvalue weighted by Crippen LogP contribution is -2.00. The molecule has 3 heterocycles. The molecule has 0 N–H and O–H groups in total. The molecule has 12 aromatic rings. The van der Waals surface area contributed by atoms with Crippen LogP contribution in [-0.2, 0) is 0 Å². The molecule has 0 bridgehead atoms. The van der Waals surface area contributed by atoms with Gasteiger partial charge in [-0.05, 0) is 111 Å². The topological polar surface area (TPSA) is 65.0 Å². The molecule has 0 aliphatic heterocycles. The Morgan fingerprint density at radius 1 is 0.242 bits per heavy atom. The van der Waals surface area contributed by atoms with Crippen molar-refractivity contribution in [2.24, 2.45) is 0 Å². The van der Waals surface area contributed by atoms with E-state index in [2.05, 4.69) is 164 Å². The highest BCUT2D eigenvalue weighted by Crippen LogP contribution is 2.40. The molecule has 12 rings (SSSR count). The molecule has 0 atom stereocenters. The van der Waals surface area contributed by atoms with E-state index < -0.39 is 0 Å². The number of benzene rings is 9. The van der Waals surface area contributed by atoms with E-state index in [1.807, 2.05) is 48.5 Å². The predicted octanol–water partition coefficient (Wildman–Crippen LogP) is 15.3. The second-order valence-electron chi connectivity index (χ2n) is 15.6. The molecule has 62 heavy (non-hydrogen) atoms. The van der Waals surface area contributed by atoms with Crippen molar-refractivity contribution in [3.8, 4) is 78.7 Å². The average molecular weight is 794 g/mol. The maximum absolute atomic E-state index is 6.70. The van der Waals surface area contributed by atoms with E-state index in [1.165, 1.54) is 11.1 Å². The van der Waals surface area contributed by atoms with E-state index in [-0.39, 0.29) is 0 Å². The van der Waals surface area contributed by atoms with Gasteiger partial charge in [-0.25, -0.2) is 15.0 Å². The fourth-order valence-corrected chi connectivity index (χ4v) is 8.67. The Kier molecular flexibility index (Phi) is 8.42. The Morgan fingerprint density at radius 2 is 0.710 bits per heavy atom. The zero-order chi connectivity index (χ0) is 41.0. The fourth-order valence-electron chi connectivity index (χ4n) is 8.67. The minimum atomic E-state index is 0.563. The van der Waals surface area contributed by atoms with Gasteiger partial charge >= 0.3 is 0 Å². The molecule has 0 spiro atoms. The van der Waals surface area contributed by atoms with Gasteiger partial charge in [-0.1, -0.05) is 146 Å². The minimum absolute atomic E-state index is 0.563. The van der Waals surface area contributed by atoms with Gasteiger partial charge in [0.1, 0.15) is 22.3 Å². The van der Waals surface area contributed by atoms with Crippen molar-refractivity contribution in [3.63, 3.8) is 0 Å². The summed E-state index contributed by atoms with van der Waals surface area (Å²) in [4.78, 5) is 15.6. The fraction of sp³-hybridized carbons (Fsp3) is 0. The lowest BCUT2D eigenvalue weighted by Gasteiger charge is -2.11. The summed E-state index contributed by atoms with van der Waals surface area (Å²) in [5, 5.41) is 4.00. The van der Waals surface area contributed by atoms with E-state index in [4.69, 9.17) is 23.8 Å². The zero-order valence-electron chi connectivity index (χ0n) is 33.4. The number of rotatable bonds is 7. The van der Waals surface area contributed by atoms with Crippen LogP contribution >= 0.6 is 0 Å². The van der Waals surface area contributed by atoms with Crippen molar-refractivity contribution in [2.75, 3.05) is 0 Å². The molecule has 0 radical (unpaired) electrons. The molecule has 5 heteroatoms. The molecule has 0 saturated carbocycles. The molecular formula is C57H35N3O2. The third-order valence-corrected chi connectivity index (χ3v) is 11.7. The van der Waals surface area contributed by atoms with E-state index in [9.17, 15) is 0 Å². The Bertz CT molecular complexity index is 3570. The summed E-state index contributed by atoms with van der Waals surface area (Å²) >= 11 is 0. The average Bonchev–Trinajstić information content (AvgIpc) is 3.92. The highest BCUT2D eigenvalue weighted by Gasteiger charge is 2.20. The Hall–Kier alpha value is -8.41. The monoisotopic (exact) mass is 793 g/mol. The first-order valence-corrected chi connectivity index (χ1v) is 20.7. The molecule has 0 amide bonds. The maximum atomic E-state index is 6.70. The van der Waals surface area contributed by atoms with Crippen molar-refractivity contribution in [1.29, 1.82) is 0 Å². The number of aromatic nitrogens is 3. The van der Waals surface area contributed by atoms with Gasteiger partial charge in [0.05, 0.1) is 0 Å². The highest BCUT2D eigenvalue weighted by atomic mass is 16.3. The second kappa shape index (κ2) is 14.7. The van der Waals surface area contributed by atoms with Crippen LogP contribution in [0.4, 0.5) is 0 Å². The number of furan rings is 2. The molecule has 290 valence electrons. The minimum Gasteiger partial charge on any atom is -0.456 e. The molecule has 3 aromatic heterocycles. The van der Waals surface area contributed by atoms with Crippen LogP contribution in [0.5, 0.6) is 0 Å². The summed E-state index contributed by atoms with van der Waals surface area (Å²) in [6.45, 7) is 0. The quantitative estimate of drug-likeness (QED) is 0.161. The van der Waals surface area contributed by atoms with Crippen molar-refractivity contribution in [1.82, 2.24) is 15.0 Å². The predicted molar refractivity (Wildman–Crippen MR) is 252 cm³/mol. The Labute approximate surface area is 357 Å². The van der Waals surface area contributed by atoms with Crippen molar-refractivity contribution < 1.29 is 8.83 Å². The standard InChI is InChI=1S/C57H35N3O2/c1-4-14-36(15-5-1)39-20-12-21-41(30-39)55-58-56(42-27-29-51-49(34-42)46-22-10-11-24-50(46)61-51)60-57(59-55)48-23-13-25-52-54(48)47-28-26-40(35-53(47)62-52)45-32-43(37-16-6-2-7-17-37)31-44(33-45)38-18-8-3-9-19-38/h1-35H. The van der Waals surface area contributed by atoms with E-state index in [1.54, 1.807) is 0 Å². The first-order chi connectivity index (χ1) is 30.7. The summed E-state index contributed by atoms with van der Waals surface area (Å²) in [6.07, 6.45) is 0. The van der Waals surface area contributed by atoms with Gasteiger partial charge in [0, 0.05) is 38.2 Å². The Morgan fingerprint density at radius 3 is 1.42 bits per heavy atom. The molecule has 0 aliphatic carbocycles. The summed E-state index contributed by atoms with van der Waals surface area (Å²) in [6, 6.07) is 73.5. The first kappa shape index (κ1) is 35.5. The first-order valence-electron chi connectivity index (χ1n) is 20.7. The zero-order valence-corrected chi connectivity index (χ0v) is 33.4. The van der Waals surface area contributed by atoms with Gasteiger partial charge in [0.2, 0.25) is 0 Å². The molecule has 5 nitrogen and oxygen atoms in total. The van der Waals surface area contributed by atoms with Crippen molar-refractivity contribution in [2.45, 2.75) is 0 Å². The molecule has 9 aromatic carbocycles. The van der Waals surface area contributed by atoms with Crippen LogP contribution < -0.4 is 0 Å². The van der Waals surface area contributed by atoms with Crippen LogP contribution in [0, 0.1) is 0 Å². The largest absolute Gasteiger partial charge is 0.456 e. The number of hydrogen-bond donors (Lipinski definition) is 0. The van der Waals surface area contributed by atoms with Crippen molar-refractivity contribution in [3.05, 3.63) is 212 Å². The maximum Gasteiger partial charge on any atom is 0.164 e. The van der Waals surface area contributed by atoms with Gasteiger partial charge < -0.3 is 8.83 Å². The summed E-state index contributed by atoms with van der Waals surface area (Å²) < 4.78 is 12.9. The third kappa shape index (κ3) is 6.32. The third-order valence-electron chi connectivity index (χ3n) is 11.7. The molecular weight excluding hydrogens is 759 g/mol. The smallest absolute Gasteiger partial charge is 0.164 e. The van der Waals surface area contributed by atoms with Crippen LogP contribution in [0.3, 0.4) is 0 Å². The second-order valence-corrected chi connectivity index (χ2v) is 15.6. The van der Waals surface area contributed by atoms with Gasteiger partial charge in [-0.2, -0.15) is 0 Å². The van der Waals surface area contributed by atoms with Crippen LogP contribution in [0.1, 0.15) is 0 Å². The van der Waals surface area contributed by atoms with Crippen molar-refractivity contribution >= 4 is 43.9 Å². The van der Waals surface area contributed by atoms with E-state index in [0.717, 1.165) is 93.9 Å². The Balaban J connectivity index is 1.02. The van der Waals surface area contributed by atoms with Crippen LogP contribution in [0.25, 0.3) is 123 Å². The van der Waals surface area contributed by atoms with Gasteiger partial charge in [0.25, 0.3) is 0 Å². The van der Waals surface area contributed by atoms with Crippen LogP contribution in [0.2, 0.25) is 0 Å². The number of hydrogen-bond acceptors (Lipinski definition) is 5. The van der Waals surface area contributed by atoms with Crippen LogP contribution in [-0.4, -0.2) is 15.0 Å². The number of nitrogens with zero attached hydrogens (tertiary/aromatic N) is 3. The number of fused-ring (bicyclic) bond motifs is 6. The highest BCUT2D eigenvalue weighted by molar-refractivity contribution is 6.12. The van der Waals surface area contributed by atoms with Gasteiger partial charge in [-0.3, -0.25) is 0 Å². The molecule has 0 aliphatic rings. The van der Waals surface area contributed by atoms with E-state index >= 15 is 0 Å². The normalized spacial score (nSPS) is 11.5. The number of para-hydroxylation sites is 1. The molecule has 0 unspecified atom stereocenters.